The Hall–Kier alpha value is -3.68. The van der Waals surface area contributed by atoms with Gasteiger partial charge in [-0.1, -0.05) is 33.8 Å². The Morgan fingerprint density at radius 2 is 1.87 bits per heavy atom. The molecule has 8 heteroatoms. The van der Waals surface area contributed by atoms with Crippen LogP contribution in [0, 0.1) is 11.6 Å². The van der Waals surface area contributed by atoms with E-state index in [0.717, 1.165) is 29.1 Å². The van der Waals surface area contributed by atoms with Crippen LogP contribution in [0.3, 0.4) is 0 Å². The molecular weight excluding hydrogens is 500 g/mol. The second-order valence-corrected chi connectivity index (χ2v) is 9.92. The van der Waals surface area contributed by atoms with Gasteiger partial charge in [0.25, 0.3) is 5.56 Å². The number of nitrogens with zero attached hydrogens (tertiary/aromatic N) is 3. The van der Waals surface area contributed by atoms with Crippen LogP contribution in [-0.2, 0) is 17.8 Å². The highest BCUT2D eigenvalue weighted by Crippen LogP contribution is 2.45. The predicted molar refractivity (Wildman–Crippen MR) is 153 cm³/mol. The van der Waals surface area contributed by atoms with Crippen LogP contribution >= 0.6 is 0 Å². The van der Waals surface area contributed by atoms with Gasteiger partial charge in [0.05, 0.1) is 17.7 Å². The van der Waals surface area contributed by atoms with Crippen molar-refractivity contribution in [1.82, 2.24) is 9.47 Å². The van der Waals surface area contributed by atoms with Gasteiger partial charge in [-0.3, -0.25) is 9.59 Å². The van der Waals surface area contributed by atoms with Crippen molar-refractivity contribution in [1.29, 1.82) is 0 Å². The van der Waals surface area contributed by atoms with E-state index in [-0.39, 0.29) is 35.7 Å². The van der Waals surface area contributed by atoms with E-state index in [1.54, 1.807) is 15.5 Å². The van der Waals surface area contributed by atoms with Gasteiger partial charge in [0.15, 0.2) is 5.75 Å². The molecule has 1 saturated heterocycles. The number of ether oxygens (including phenoxy) is 1. The van der Waals surface area contributed by atoms with Crippen LogP contribution in [0.1, 0.15) is 46.6 Å². The van der Waals surface area contributed by atoms with Crippen molar-refractivity contribution in [2.45, 2.75) is 66.1 Å². The lowest BCUT2D eigenvalue weighted by Gasteiger charge is -2.45. The highest BCUT2D eigenvalue weighted by atomic mass is 19.1. The largest absolute Gasteiger partial charge is 0.489 e. The Bertz CT molecular complexity index is 1470. The molecule has 0 spiro atoms. The Labute approximate surface area is 228 Å². The Balaban J connectivity index is 0.00000172. The van der Waals surface area contributed by atoms with Crippen LogP contribution < -0.4 is 15.2 Å². The van der Waals surface area contributed by atoms with Crippen molar-refractivity contribution in [2.24, 2.45) is 0 Å². The second-order valence-electron chi connectivity index (χ2n) is 9.92. The standard InChI is InChI=1S/C29H31F2N3O3.C2H6/c1-5-7-19-12-22-24(33-15-18(4)34(16-17(33)3)25(35)6-2)14-26(36)32-10-11-37-29(28(22)32)27(19)21-9-8-20(30)13-23(21)31;1-2/h6,8-9,12-14,17-18H,2,5,7,10-11,15-16H2,1,3-4H3;1-2H3/t17-,18+;/m0./s1. The topological polar surface area (TPSA) is 54.8 Å². The molecule has 2 atom stereocenters. The molecule has 5 rings (SSSR count). The van der Waals surface area contributed by atoms with Crippen molar-refractivity contribution in [3.8, 4) is 16.9 Å². The van der Waals surface area contributed by atoms with Gasteiger partial charge in [0.2, 0.25) is 5.91 Å². The SMILES string of the molecule is C=CC(=O)N1C[C@H](C)N(c2cc(=O)n3c4c(c(-c5ccc(F)cc5F)c(CCC)cc24)OCC3)C[C@H]1C.CC. The third kappa shape index (κ3) is 5.04. The summed E-state index contributed by atoms with van der Waals surface area (Å²) in [5.41, 5.74) is 2.94. The van der Waals surface area contributed by atoms with E-state index < -0.39 is 11.6 Å². The zero-order valence-electron chi connectivity index (χ0n) is 23.4. The van der Waals surface area contributed by atoms with Gasteiger partial charge in [-0.15, -0.1) is 0 Å². The molecule has 1 fully saturated rings. The van der Waals surface area contributed by atoms with Gasteiger partial charge in [-0.25, -0.2) is 8.78 Å². The first-order chi connectivity index (χ1) is 18.7. The van der Waals surface area contributed by atoms with Crippen LogP contribution in [0.4, 0.5) is 14.5 Å². The molecule has 6 nitrogen and oxygen atoms in total. The fourth-order valence-corrected chi connectivity index (χ4v) is 5.73. The summed E-state index contributed by atoms with van der Waals surface area (Å²) >= 11 is 0. The number of rotatable bonds is 5. The summed E-state index contributed by atoms with van der Waals surface area (Å²) in [6.45, 7) is 15.4. The van der Waals surface area contributed by atoms with E-state index in [4.69, 9.17) is 4.74 Å². The van der Waals surface area contributed by atoms with Crippen molar-refractivity contribution < 1.29 is 18.3 Å². The number of aryl methyl sites for hydroxylation is 1. The molecule has 0 saturated carbocycles. The monoisotopic (exact) mass is 537 g/mol. The van der Waals surface area contributed by atoms with Gasteiger partial charge in [0, 0.05) is 53.8 Å². The quantitative estimate of drug-likeness (QED) is 0.379. The number of hydrogen-bond acceptors (Lipinski definition) is 4. The Morgan fingerprint density at radius 3 is 2.54 bits per heavy atom. The lowest BCUT2D eigenvalue weighted by Crippen LogP contribution is -2.58. The molecule has 3 heterocycles. The normalized spacial score (nSPS) is 18.3. The number of amides is 1. The molecule has 208 valence electrons. The van der Waals surface area contributed by atoms with Crippen LogP contribution in [0.15, 0.2) is 47.8 Å². The fraction of sp³-hybridized carbons (Fsp3) is 0.419. The molecule has 2 aliphatic rings. The number of carbonyl (C=O) groups excluding carboxylic acids is 1. The molecular formula is C31H37F2N3O3. The Kier molecular flexibility index (Phi) is 8.42. The van der Waals surface area contributed by atoms with Crippen LogP contribution in [0.25, 0.3) is 22.0 Å². The summed E-state index contributed by atoms with van der Waals surface area (Å²) in [4.78, 5) is 29.7. The van der Waals surface area contributed by atoms with E-state index in [1.807, 2.05) is 40.7 Å². The zero-order valence-corrected chi connectivity index (χ0v) is 23.4. The maximum Gasteiger partial charge on any atom is 0.253 e. The maximum absolute atomic E-state index is 15.1. The Morgan fingerprint density at radius 1 is 1.13 bits per heavy atom. The molecule has 3 aromatic rings. The highest BCUT2D eigenvalue weighted by molar-refractivity contribution is 6.02. The van der Waals surface area contributed by atoms with Crippen LogP contribution in [0.5, 0.6) is 5.75 Å². The van der Waals surface area contributed by atoms with Gasteiger partial charge in [0.1, 0.15) is 18.2 Å². The summed E-state index contributed by atoms with van der Waals surface area (Å²) in [6, 6.07) is 7.12. The van der Waals surface area contributed by atoms with Gasteiger partial charge < -0.3 is 19.1 Å². The van der Waals surface area contributed by atoms with E-state index in [1.165, 1.54) is 18.2 Å². The lowest BCUT2D eigenvalue weighted by molar-refractivity contribution is -0.128. The molecule has 0 bridgehead atoms. The van der Waals surface area contributed by atoms with Crippen molar-refractivity contribution in [3.05, 3.63) is 70.5 Å². The number of anilines is 1. The number of halogens is 2. The van der Waals surface area contributed by atoms with E-state index in [2.05, 4.69) is 11.5 Å². The molecule has 1 amide bonds. The first kappa shape index (κ1) is 28.3. The first-order valence-electron chi connectivity index (χ1n) is 13.8. The first-order valence-corrected chi connectivity index (χ1v) is 13.8. The van der Waals surface area contributed by atoms with Crippen LogP contribution in [0.2, 0.25) is 0 Å². The minimum Gasteiger partial charge on any atom is -0.489 e. The predicted octanol–water partition coefficient (Wildman–Crippen LogP) is 5.93. The molecule has 0 unspecified atom stereocenters. The van der Waals surface area contributed by atoms with Gasteiger partial charge in [-0.05, 0) is 50.1 Å². The highest BCUT2D eigenvalue weighted by Gasteiger charge is 2.34. The number of piperazine rings is 1. The van der Waals surface area contributed by atoms with Gasteiger partial charge in [-0.2, -0.15) is 0 Å². The molecule has 2 aliphatic heterocycles. The molecule has 2 aromatic carbocycles. The van der Waals surface area contributed by atoms with E-state index in [0.29, 0.717) is 42.9 Å². The summed E-state index contributed by atoms with van der Waals surface area (Å²) in [6.07, 6.45) is 2.80. The molecule has 0 radical (unpaired) electrons. The average Bonchev–Trinajstić information content (AvgIpc) is 2.93. The minimum atomic E-state index is -0.669. The van der Waals surface area contributed by atoms with Crippen molar-refractivity contribution in [2.75, 3.05) is 24.6 Å². The second kappa shape index (κ2) is 11.6. The third-order valence-electron chi connectivity index (χ3n) is 7.44. The van der Waals surface area contributed by atoms with Gasteiger partial charge >= 0.3 is 0 Å². The van der Waals surface area contributed by atoms with Crippen molar-refractivity contribution in [3.63, 3.8) is 0 Å². The number of pyridine rings is 1. The van der Waals surface area contributed by atoms with Crippen LogP contribution in [-0.4, -0.2) is 47.2 Å². The maximum atomic E-state index is 15.1. The van der Waals surface area contributed by atoms with E-state index >= 15 is 4.39 Å². The fourth-order valence-electron chi connectivity index (χ4n) is 5.73. The summed E-state index contributed by atoms with van der Waals surface area (Å²) in [5, 5.41) is 0.853. The number of carbonyl (C=O) groups is 1. The lowest BCUT2D eigenvalue weighted by atomic mass is 9.91. The third-order valence-corrected chi connectivity index (χ3v) is 7.44. The number of aromatic nitrogens is 1. The number of hydrogen-bond donors (Lipinski definition) is 0. The summed E-state index contributed by atoms with van der Waals surface area (Å²) < 4.78 is 36.6. The molecule has 0 aliphatic carbocycles. The summed E-state index contributed by atoms with van der Waals surface area (Å²) in [5.74, 6) is -0.971. The minimum absolute atomic E-state index is 0.0466. The molecule has 39 heavy (non-hydrogen) atoms. The van der Waals surface area contributed by atoms with E-state index in [9.17, 15) is 14.0 Å². The molecule has 0 N–H and O–H groups in total. The van der Waals surface area contributed by atoms with Crippen molar-refractivity contribution >= 4 is 22.5 Å². The zero-order chi connectivity index (χ0) is 28.4. The summed E-state index contributed by atoms with van der Waals surface area (Å²) in [7, 11) is 0. The average molecular weight is 538 g/mol. The molecule has 1 aromatic heterocycles. The smallest absolute Gasteiger partial charge is 0.253 e. The number of benzene rings is 2.